The zero-order valence-corrected chi connectivity index (χ0v) is 12.3. The fourth-order valence-corrected chi connectivity index (χ4v) is 2.98. The molecule has 1 fully saturated rings. The van der Waals surface area contributed by atoms with E-state index in [0.29, 0.717) is 12.5 Å². The third-order valence-electron chi connectivity index (χ3n) is 4.17. The Balaban J connectivity index is 1.57. The lowest BCUT2D eigenvalue weighted by Gasteiger charge is -2.32. The van der Waals surface area contributed by atoms with Gasteiger partial charge in [-0.15, -0.1) is 0 Å². The third-order valence-corrected chi connectivity index (χ3v) is 4.17. The number of hydrogen-bond donors (Lipinski definition) is 1. The van der Waals surface area contributed by atoms with Gasteiger partial charge in [-0.3, -0.25) is 9.89 Å². The highest BCUT2D eigenvalue weighted by molar-refractivity contribution is 5.76. The lowest BCUT2D eigenvalue weighted by Crippen LogP contribution is -2.42. The van der Waals surface area contributed by atoms with Crippen LogP contribution < -0.4 is 0 Å². The average Bonchev–Trinajstić information content (AvgIpc) is 3.12. The maximum atomic E-state index is 12.4. The van der Waals surface area contributed by atoms with Crippen molar-refractivity contribution < 1.29 is 4.79 Å². The average molecular weight is 287 g/mol. The molecule has 0 radical (unpaired) electrons. The molecule has 1 aliphatic heterocycles. The van der Waals surface area contributed by atoms with E-state index in [1.54, 1.807) is 12.4 Å². The van der Waals surface area contributed by atoms with E-state index in [0.717, 1.165) is 37.4 Å². The van der Waals surface area contributed by atoms with Gasteiger partial charge in [0.2, 0.25) is 5.91 Å². The molecule has 0 aliphatic carbocycles. The van der Waals surface area contributed by atoms with Crippen molar-refractivity contribution in [1.29, 1.82) is 0 Å². The van der Waals surface area contributed by atoms with Crippen LogP contribution in [0.3, 0.4) is 0 Å². The number of amides is 1. The van der Waals surface area contributed by atoms with Gasteiger partial charge in [-0.1, -0.05) is 0 Å². The number of hydrogen-bond acceptors (Lipinski definition) is 3. The lowest BCUT2D eigenvalue weighted by molar-refractivity contribution is -0.133. The van der Waals surface area contributed by atoms with Crippen molar-refractivity contribution in [3.63, 3.8) is 0 Å². The summed E-state index contributed by atoms with van der Waals surface area (Å²) in [5.41, 5.74) is 1.15. The van der Waals surface area contributed by atoms with E-state index in [9.17, 15) is 4.79 Å². The van der Waals surface area contributed by atoms with Crippen molar-refractivity contribution >= 4 is 5.91 Å². The molecule has 1 atom stereocenters. The summed E-state index contributed by atoms with van der Waals surface area (Å²) in [6.45, 7) is 4.02. The van der Waals surface area contributed by atoms with E-state index in [2.05, 4.69) is 15.2 Å². The number of H-pyrrole nitrogens is 1. The Morgan fingerprint density at radius 1 is 1.48 bits per heavy atom. The molecule has 6 heteroatoms. The third kappa shape index (κ3) is 3.32. The first kappa shape index (κ1) is 13.9. The summed E-state index contributed by atoms with van der Waals surface area (Å²) in [4.78, 5) is 18.6. The largest absolute Gasteiger partial charge is 0.341 e. The highest BCUT2D eigenvalue weighted by atomic mass is 16.2. The maximum absolute atomic E-state index is 12.4. The lowest BCUT2D eigenvalue weighted by atomic mass is 9.93. The monoisotopic (exact) mass is 287 g/mol. The van der Waals surface area contributed by atoms with Gasteiger partial charge in [-0.05, 0) is 38.2 Å². The normalized spacial score (nSPS) is 18.9. The molecule has 0 saturated carbocycles. The number of piperidine rings is 1. The molecular weight excluding hydrogens is 266 g/mol. The van der Waals surface area contributed by atoms with Crippen LogP contribution in [0.1, 0.15) is 24.4 Å². The minimum Gasteiger partial charge on any atom is -0.341 e. The van der Waals surface area contributed by atoms with Gasteiger partial charge in [0, 0.05) is 37.4 Å². The molecule has 6 nitrogen and oxygen atoms in total. The van der Waals surface area contributed by atoms with Crippen molar-refractivity contribution in [2.75, 3.05) is 13.1 Å². The first-order chi connectivity index (χ1) is 10.2. The fraction of sp³-hybridized carbons (Fsp3) is 0.533. The highest BCUT2D eigenvalue weighted by Gasteiger charge is 2.24. The van der Waals surface area contributed by atoms with Crippen LogP contribution in [0, 0.1) is 12.8 Å². The number of carbonyl (C=O) groups excluding carboxylic acids is 1. The van der Waals surface area contributed by atoms with E-state index >= 15 is 0 Å². The Kier molecular flexibility index (Phi) is 4.03. The second-order valence-corrected chi connectivity index (χ2v) is 5.74. The van der Waals surface area contributed by atoms with Crippen molar-refractivity contribution in [2.45, 2.75) is 32.7 Å². The smallest absolute Gasteiger partial charge is 0.242 e. The molecule has 0 bridgehead atoms. The van der Waals surface area contributed by atoms with Gasteiger partial charge in [0.15, 0.2) is 0 Å². The summed E-state index contributed by atoms with van der Waals surface area (Å²) in [5, 5.41) is 6.99. The molecule has 1 aliphatic rings. The molecule has 112 valence electrons. The fourth-order valence-electron chi connectivity index (χ4n) is 2.98. The van der Waals surface area contributed by atoms with Gasteiger partial charge in [0.05, 0.1) is 0 Å². The highest BCUT2D eigenvalue weighted by Crippen LogP contribution is 2.20. The summed E-state index contributed by atoms with van der Waals surface area (Å²) < 4.78 is 1.90. The number of imidazole rings is 1. The maximum Gasteiger partial charge on any atom is 0.242 e. The number of carbonyl (C=O) groups is 1. The second-order valence-electron chi connectivity index (χ2n) is 5.74. The first-order valence-corrected chi connectivity index (χ1v) is 7.46. The Morgan fingerprint density at radius 2 is 2.38 bits per heavy atom. The summed E-state index contributed by atoms with van der Waals surface area (Å²) in [6.07, 6.45) is 8.59. The van der Waals surface area contributed by atoms with Gasteiger partial charge < -0.3 is 9.47 Å². The van der Waals surface area contributed by atoms with Gasteiger partial charge >= 0.3 is 0 Å². The van der Waals surface area contributed by atoms with Crippen LogP contribution in [0.4, 0.5) is 0 Å². The molecule has 2 aromatic rings. The van der Waals surface area contributed by atoms with E-state index < -0.39 is 0 Å². The molecular formula is C15H21N5O. The van der Waals surface area contributed by atoms with Crippen molar-refractivity contribution in [2.24, 2.45) is 5.92 Å². The van der Waals surface area contributed by atoms with Gasteiger partial charge in [0.25, 0.3) is 0 Å². The standard InChI is InChI=1S/C15H21N5O/c1-12-16-6-8-19(12)11-15(21)20-7-2-3-13(10-20)9-14-4-5-17-18-14/h4-6,8,13H,2-3,7,9-11H2,1H3,(H,17,18). The number of likely N-dealkylation sites (tertiary alicyclic amines) is 1. The number of nitrogens with one attached hydrogen (secondary N) is 1. The van der Waals surface area contributed by atoms with Crippen LogP contribution in [0.25, 0.3) is 0 Å². The van der Waals surface area contributed by atoms with Crippen LogP contribution in [0.5, 0.6) is 0 Å². The predicted molar refractivity (Wildman–Crippen MR) is 78.6 cm³/mol. The van der Waals surface area contributed by atoms with Gasteiger partial charge in [-0.2, -0.15) is 5.10 Å². The molecule has 1 N–H and O–H groups in total. The Morgan fingerprint density at radius 3 is 3.10 bits per heavy atom. The van der Waals surface area contributed by atoms with Crippen LogP contribution in [0.15, 0.2) is 24.7 Å². The van der Waals surface area contributed by atoms with Crippen LogP contribution in [-0.4, -0.2) is 43.6 Å². The van der Waals surface area contributed by atoms with Crippen molar-refractivity contribution in [3.05, 3.63) is 36.2 Å². The number of aryl methyl sites for hydroxylation is 1. The predicted octanol–water partition coefficient (Wildman–Crippen LogP) is 1.40. The molecule has 3 heterocycles. The number of rotatable bonds is 4. The van der Waals surface area contributed by atoms with E-state index in [-0.39, 0.29) is 5.91 Å². The first-order valence-electron chi connectivity index (χ1n) is 7.46. The van der Waals surface area contributed by atoms with E-state index in [1.165, 1.54) is 6.42 Å². The van der Waals surface area contributed by atoms with E-state index in [1.807, 2.05) is 28.7 Å². The molecule has 1 amide bonds. The van der Waals surface area contributed by atoms with Crippen LogP contribution in [0.2, 0.25) is 0 Å². The molecule has 1 saturated heterocycles. The zero-order valence-electron chi connectivity index (χ0n) is 12.3. The number of aromatic amines is 1. The molecule has 3 rings (SSSR count). The molecule has 2 aromatic heterocycles. The summed E-state index contributed by atoms with van der Waals surface area (Å²) in [6, 6.07) is 2.01. The summed E-state index contributed by atoms with van der Waals surface area (Å²) >= 11 is 0. The van der Waals surface area contributed by atoms with Gasteiger partial charge in [-0.25, -0.2) is 4.98 Å². The molecule has 1 unspecified atom stereocenters. The van der Waals surface area contributed by atoms with Gasteiger partial charge in [0.1, 0.15) is 12.4 Å². The van der Waals surface area contributed by atoms with E-state index in [4.69, 9.17) is 0 Å². The van der Waals surface area contributed by atoms with Crippen LogP contribution in [-0.2, 0) is 17.8 Å². The Bertz CT molecular complexity index is 589. The zero-order chi connectivity index (χ0) is 14.7. The van der Waals surface area contributed by atoms with Crippen molar-refractivity contribution in [1.82, 2.24) is 24.6 Å². The minimum atomic E-state index is 0.186. The molecule has 0 spiro atoms. The molecule has 21 heavy (non-hydrogen) atoms. The summed E-state index contributed by atoms with van der Waals surface area (Å²) in [7, 11) is 0. The van der Waals surface area contributed by atoms with Crippen LogP contribution >= 0.6 is 0 Å². The second kappa shape index (κ2) is 6.11. The number of aromatic nitrogens is 4. The van der Waals surface area contributed by atoms with Crippen molar-refractivity contribution in [3.8, 4) is 0 Å². The molecule has 0 aromatic carbocycles. The Labute approximate surface area is 124 Å². The topological polar surface area (TPSA) is 66.8 Å². The Hall–Kier alpha value is -2.11. The summed E-state index contributed by atoms with van der Waals surface area (Å²) in [5.74, 6) is 1.59. The minimum absolute atomic E-state index is 0.186. The quantitative estimate of drug-likeness (QED) is 0.924. The number of nitrogens with zero attached hydrogens (tertiary/aromatic N) is 4. The SMILES string of the molecule is Cc1nccn1CC(=O)N1CCCC(Cc2ccn[nH]2)C1.